The van der Waals surface area contributed by atoms with Gasteiger partial charge in [0.15, 0.2) is 0 Å². The second-order valence-corrected chi connectivity index (χ2v) is 7.00. The first-order valence-electron chi connectivity index (χ1n) is 6.64. The van der Waals surface area contributed by atoms with Crippen molar-refractivity contribution in [3.8, 4) is 0 Å². The van der Waals surface area contributed by atoms with Gasteiger partial charge in [0.2, 0.25) is 0 Å². The molecule has 2 atom stereocenters. The summed E-state index contributed by atoms with van der Waals surface area (Å²) in [7, 11) is -2.29. The Balaban J connectivity index is 1.67. The molecule has 6 heteroatoms. The quantitative estimate of drug-likeness (QED) is 0.785. The fraction of sp³-hybridized carbons (Fsp3) is 0.200. The summed E-state index contributed by atoms with van der Waals surface area (Å²) in [4.78, 5) is 0. The highest BCUT2D eigenvalue weighted by molar-refractivity contribution is 7.87. The molecule has 21 heavy (non-hydrogen) atoms. The summed E-state index contributed by atoms with van der Waals surface area (Å²) >= 11 is 0. The fourth-order valence-corrected chi connectivity index (χ4v) is 3.70. The topological polar surface area (TPSA) is 58.2 Å². The molecule has 0 aliphatic rings. The Morgan fingerprint density at radius 2 is 1.05 bits per heavy atom. The number of para-hydroxylation sites is 2. The van der Waals surface area contributed by atoms with E-state index in [-0.39, 0.29) is 0 Å². The molecular formula is C15H18N2O2S2. The largest absolute Gasteiger partial charge is 0.305 e. The third-order valence-corrected chi connectivity index (χ3v) is 4.92. The van der Waals surface area contributed by atoms with Crippen molar-refractivity contribution in [2.75, 3.05) is 20.9 Å². The highest BCUT2D eigenvalue weighted by atomic mass is 32.2. The molecule has 0 aliphatic heterocycles. The van der Waals surface area contributed by atoms with Gasteiger partial charge in [0, 0.05) is 22.9 Å². The molecule has 0 saturated heterocycles. The van der Waals surface area contributed by atoms with Crippen LogP contribution in [0.5, 0.6) is 0 Å². The summed E-state index contributed by atoms with van der Waals surface area (Å²) in [6.45, 7) is 0. The van der Waals surface area contributed by atoms with E-state index in [9.17, 15) is 8.42 Å². The van der Waals surface area contributed by atoms with Gasteiger partial charge in [-0.3, -0.25) is 0 Å². The minimum absolute atomic E-state index is 0.469. The molecule has 0 aromatic heterocycles. The smallest absolute Gasteiger partial charge is 0.117 e. The first-order valence-corrected chi connectivity index (χ1v) is 9.28. The van der Waals surface area contributed by atoms with Gasteiger partial charge in [-0.2, -0.15) is 0 Å². The first-order chi connectivity index (χ1) is 10.2. The molecular weight excluding hydrogens is 304 g/mol. The van der Waals surface area contributed by atoms with Crippen molar-refractivity contribution in [3.05, 3.63) is 60.7 Å². The molecule has 0 heterocycles. The van der Waals surface area contributed by atoms with E-state index in [1.807, 2.05) is 60.7 Å². The third-order valence-electron chi connectivity index (χ3n) is 2.67. The molecule has 0 spiro atoms. The van der Waals surface area contributed by atoms with E-state index in [0.29, 0.717) is 17.9 Å². The van der Waals surface area contributed by atoms with Gasteiger partial charge in [-0.05, 0) is 30.7 Å². The maximum Gasteiger partial charge on any atom is 0.117 e. The summed E-state index contributed by atoms with van der Waals surface area (Å²) in [5, 5.41) is 0. The Kier molecular flexibility index (Phi) is 6.43. The van der Waals surface area contributed by atoms with Gasteiger partial charge in [-0.15, -0.1) is 0 Å². The van der Waals surface area contributed by atoms with Crippen LogP contribution in [0.4, 0.5) is 11.4 Å². The van der Waals surface area contributed by atoms with Gasteiger partial charge < -0.3 is 9.44 Å². The van der Waals surface area contributed by atoms with Crippen molar-refractivity contribution < 1.29 is 8.42 Å². The predicted molar refractivity (Wildman–Crippen MR) is 90.8 cm³/mol. The second kappa shape index (κ2) is 8.59. The number of hydrogen-bond acceptors (Lipinski definition) is 2. The summed E-state index contributed by atoms with van der Waals surface area (Å²) < 4.78 is 29.5. The average molecular weight is 322 g/mol. The molecule has 4 nitrogen and oxygen atoms in total. The van der Waals surface area contributed by atoms with Crippen molar-refractivity contribution in [3.63, 3.8) is 0 Å². The van der Waals surface area contributed by atoms with Crippen LogP contribution in [0.15, 0.2) is 60.7 Å². The zero-order valence-electron chi connectivity index (χ0n) is 11.5. The summed E-state index contributed by atoms with van der Waals surface area (Å²) in [5.41, 5.74) is 1.67. The molecule has 2 unspecified atom stereocenters. The highest BCUT2D eigenvalue weighted by Gasteiger charge is 2.03. The van der Waals surface area contributed by atoms with Gasteiger partial charge >= 0.3 is 0 Å². The molecule has 112 valence electrons. The van der Waals surface area contributed by atoms with Gasteiger partial charge in [0.1, 0.15) is 22.0 Å². The van der Waals surface area contributed by atoms with Gasteiger partial charge in [0.25, 0.3) is 0 Å². The number of rotatable bonds is 8. The van der Waals surface area contributed by atoms with E-state index < -0.39 is 22.0 Å². The maximum absolute atomic E-state index is 11.8. The summed E-state index contributed by atoms with van der Waals surface area (Å²) in [5.74, 6) is 0.939. The van der Waals surface area contributed by atoms with Crippen LogP contribution in [0, 0.1) is 0 Å². The van der Waals surface area contributed by atoms with Gasteiger partial charge in [0.05, 0.1) is 0 Å². The van der Waals surface area contributed by atoms with Crippen molar-refractivity contribution in [1.29, 1.82) is 0 Å². The van der Waals surface area contributed by atoms with E-state index in [1.54, 1.807) is 0 Å². The lowest BCUT2D eigenvalue weighted by Crippen LogP contribution is -2.14. The zero-order valence-corrected chi connectivity index (χ0v) is 13.2. The molecule has 0 fully saturated rings. The van der Waals surface area contributed by atoms with Crippen LogP contribution in [0.2, 0.25) is 0 Å². The van der Waals surface area contributed by atoms with E-state index in [0.717, 1.165) is 11.4 Å². The monoisotopic (exact) mass is 322 g/mol. The van der Waals surface area contributed by atoms with Gasteiger partial charge in [-0.25, -0.2) is 8.42 Å². The maximum atomic E-state index is 11.8. The average Bonchev–Trinajstić information content (AvgIpc) is 2.49. The Labute approximate surface area is 130 Å². The van der Waals surface area contributed by atoms with Crippen LogP contribution < -0.4 is 9.44 Å². The molecule has 0 radical (unpaired) electrons. The Hall–Kier alpha value is -1.66. The van der Waals surface area contributed by atoms with Crippen molar-refractivity contribution in [2.45, 2.75) is 6.42 Å². The molecule has 0 aliphatic carbocycles. The molecule has 0 saturated carbocycles. The minimum atomic E-state index is -1.15. The van der Waals surface area contributed by atoms with Crippen LogP contribution in [-0.4, -0.2) is 19.9 Å². The second-order valence-electron chi connectivity index (χ2n) is 4.39. The lowest BCUT2D eigenvalue weighted by atomic mass is 10.3. The van der Waals surface area contributed by atoms with E-state index in [2.05, 4.69) is 9.44 Å². The molecule has 2 aromatic carbocycles. The summed E-state index contributed by atoms with van der Waals surface area (Å²) in [6.07, 6.45) is 0.624. The lowest BCUT2D eigenvalue weighted by molar-refractivity contribution is 0.682. The van der Waals surface area contributed by atoms with Crippen molar-refractivity contribution >= 4 is 33.3 Å². The molecule has 0 amide bonds. The Morgan fingerprint density at radius 1 is 0.667 bits per heavy atom. The van der Waals surface area contributed by atoms with E-state index in [1.165, 1.54) is 0 Å². The Morgan fingerprint density at radius 3 is 1.43 bits per heavy atom. The van der Waals surface area contributed by atoms with Crippen molar-refractivity contribution in [1.82, 2.24) is 0 Å². The van der Waals surface area contributed by atoms with E-state index in [4.69, 9.17) is 0 Å². The minimum Gasteiger partial charge on any atom is -0.305 e. The van der Waals surface area contributed by atoms with Crippen LogP contribution in [0.1, 0.15) is 6.42 Å². The number of benzene rings is 2. The fourth-order valence-electron chi connectivity index (χ4n) is 1.70. The molecule has 2 N–H and O–H groups in total. The summed E-state index contributed by atoms with van der Waals surface area (Å²) in [6, 6.07) is 18.8. The molecule has 2 aromatic rings. The van der Waals surface area contributed by atoms with E-state index >= 15 is 0 Å². The van der Waals surface area contributed by atoms with Gasteiger partial charge in [-0.1, -0.05) is 36.4 Å². The van der Waals surface area contributed by atoms with Crippen LogP contribution in [0.3, 0.4) is 0 Å². The standard InChI is InChI=1S/C15H18N2O2S2/c18-20(16-14-8-3-1-4-9-14)12-7-13-21(19)17-15-10-5-2-6-11-15/h1-6,8-11,16-17H,7,12-13H2. The number of hydrogen-bond donors (Lipinski definition) is 2. The predicted octanol–water partition coefficient (Wildman–Crippen LogP) is 2.93. The first kappa shape index (κ1) is 15.7. The third kappa shape index (κ3) is 6.10. The number of anilines is 2. The SMILES string of the molecule is O=S(CCCS(=O)Nc1ccccc1)Nc1ccccc1. The molecule has 0 bridgehead atoms. The van der Waals surface area contributed by atoms with Crippen LogP contribution >= 0.6 is 0 Å². The normalized spacial score (nSPS) is 13.3. The van der Waals surface area contributed by atoms with Crippen LogP contribution in [0.25, 0.3) is 0 Å². The highest BCUT2D eigenvalue weighted by Crippen LogP contribution is 2.08. The Bertz CT molecular complexity index is 538. The number of nitrogens with one attached hydrogen (secondary N) is 2. The zero-order chi connectivity index (χ0) is 14.9. The lowest BCUT2D eigenvalue weighted by Gasteiger charge is -2.07. The molecule has 2 rings (SSSR count). The van der Waals surface area contributed by atoms with Crippen LogP contribution in [-0.2, 0) is 22.0 Å². The van der Waals surface area contributed by atoms with Crippen molar-refractivity contribution in [2.24, 2.45) is 0 Å².